The second-order valence-corrected chi connectivity index (χ2v) is 8.23. The first-order chi connectivity index (χ1) is 15.9. The van der Waals surface area contributed by atoms with Crippen LogP contribution < -0.4 is 5.32 Å². The van der Waals surface area contributed by atoms with E-state index >= 15 is 0 Å². The second-order valence-electron chi connectivity index (χ2n) is 8.23. The number of fused-ring (bicyclic) bond motifs is 2. The molecule has 0 radical (unpaired) electrons. The predicted octanol–water partition coefficient (Wildman–Crippen LogP) is 1.88. The van der Waals surface area contributed by atoms with Gasteiger partial charge >= 0.3 is 0 Å². The molecule has 2 aliphatic rings. The van der Waals surface area contributed by atoms with Crippen molar-refractivity contribution in [1.29, 1.82) is 0 Å². The predicted molar refractivity (Wildman–Crippen MR) is 119 cm³/mol. The zero-order chi connectivity index (χ0) is 23.6. The molecule has 1 spiro atoms. The molecule has 2 aliphatic heterocycles. The lowest BCUT2D eigenvalue weighted by Gasteiger charge is -2.33. The molecule has 0 unspecified atom stereocenters. The van der Waals surface area contributed by atoms with Gasteiger partial charge in [-0.2, -0.15) is 10.2 Å². The number of hydrogen-bond acceptors (Lipinski definition) is 5. The topological polar surface area (TPSA) is 122 Å². The van der Waals surface area contributed by atoms with Crippen molar-refractivity contribution >= 4 is 24.0 Å². The van der Waals surface area contributed by atoms with E-state index in [0.29, 0.717) is 25.9 Å². The van der Waals surface area contributed by atoms with Crippen molar-refractivity contribution in [3.8, 4) is 0 Å². The normalized spacial score (nSPS) is 20.8. The molecule has 5 rings (SSSR count). The van der Waals surface area contributed by atoms with Gasteiger partial charge in [0.15, 0.2) is 0 Å². The SMILES string of the molecule is Cc1ccn(CCC(=O)N2CC[C@]3(C(=O)Nc4ccccc43)[C@@H]2c2cnn(C)c2)n1.O=CO. The minimum absolute atomic E-state index is 0.0195. The molecule has 2 N–H and O–H groups in total. The Balaban J connectivity index is 0.000000821. The number of benzene rings is 1. The average molecular weight is 450 g/mol. The van der Waals surface area contributed by atoms with E-state index in [4.69, 9.17) is 9.90 Å². The van der Waals surface area contributed by atoms with Crippen LogP contribution in [0.3, 0.4) is 0 Å². The van der Waals surface area contributed by atoms with E-state index in [9.17, 15) is 9.59 Å². The van der Waals surface area contributed by atoms with Gasteiger partial charge < -0.3 is 15.3 Å². The zero-order valence-corrected chi connectivity index (χ0v) is 18.5. The molecule has 1 aromatic carbocycles. The number of hydrogen-bond donors (Lipinski definition) is 2. The third-order valence-corrected chi connectivity index (χ3v) is 6.28. The highest BCUT2D eigenvalue weighted by atomic mass is 16.3. The number of nitrogens with zero attached hydrogens (tertiary/aromatic N) is 5. The quantitative estimate of drug-likeness (QED) is 0.585. The monoisotopic (exact) mass is 450 g/mol. The fraction of sp³-hybridized carbons (Fsp3) is 0.348. The highest BCUT2D eigenvalue weighted by Crippen LogP contribution is 2.54. The van der Waals surface area contributed by atoms with E-state index in [1.165, 1.54) is 0 Å². The number of amides is 2. The van der Waals surface area contributed by atoms with Crippen LogP contribution in [0.1, 0.15) is 35.7 Å². The summed E-state index contributed by atoms with van der Waals surface area (Å²) in [5, 5.41) is 18.6. The number of carboxylic acid groups (broad SMARTS) is 1. The van der Waals surface area contributed by atoms with Crippen molar-refractivity contribution in [2.75, 3.05) is 11.9 Å². The molecule has 10 heteroatoms. The maximum Gasteiger partial charge on any atom is 0.290 e. The Kier molecular flexibility index (Phi) is 5.99. The number of nitrogens with one attached hydrogen (secondary N) is 1. The molecule has 0 saturated carbocycles. The summed E-state index contributed by atoms with van der Waals surface area (Å²) in [6.45, 7) is 2.72. The standard InChI is InChI=1S/C22H24N6O2.CH2O2/c1-15-7-10-27(25-15)11-8-19(29)28-12-9-22(20(28)16-13-23-26(2)14-16)17-5-3-4-6-18(17)24-21(22)30;2-1-3/h3-7,10,13-14,20H,8-9,11-12H2,1-2H3,(H,24,30);1H,(H,2,3)/t20-,22+;/m0./s1. The molecule has 2 amide bonds. The highest BCUT2D eigenvalue weighted by molar-refractivity contribution is 6.07. The summed E-state index contributed by atoms with van der Waals surface area (Å²) in [5.41, 5.74) is 2.80. The lowest BCUT2D eigenvalue weighted by molar-refractivity contribution is -0.133. The summed E-state index contributed by atoms with van der Waals surface area (Å²) < 4.78 is 3.50. The number of aromatic nitrogens is 4. The van der Waals surface area contributed by atoms with Crippen molar-refractivity contribution in [3.05, 3.63) is 65.7 Å². The number of anilines is 1. The van der Waals surface area contributed by atoms with E-state index in [2.05, 4.69) is 15.5 Å². The van der Waals surface area contributed by atoms with Crippen LogP contribution in [0.2, 0.25) is 0 Å². The van der Waals surface area contributed by atoms with Crippen molar-refractivity contribution < 1.29 is 19.5 Å². The molecule has 172 valence electrons. The summed E-state index contributed by atoms with van der Waals surface area (Å²) in [4.78, 5) is 36.8. The third kappa shape index (κ3) is 3.88. The van der Waals surface area contributed by atoms with Gasteiger partial charge in [0.2, 0.25) is 11.8 Å². The van der Waals surface area contributed by atoms with Crippen LogP contribution in [0.15, 0.2) is 48.9 Å². The molecule has 4 heterocycles. The van der Waals surface area contributed by atoms with Crippen LogP contribution in [0.25, 0.3) is 0 Å². The van der Waals surface area contributed by atoms with Gasteiger partial charge in [0, 0.05) is 50.2 Å². The molecule has 0 aliphatic carbocycles. The third-order valence-electron chi connectivity index (χ3n) is 6.28. The molecule has 1 fully saturated rings. The largest absolute Gasteiger partial charge is 0.483 e. The first kappa shape index (κ1) is 22.3. The van der Waals surface area contributed by atoms with Gasteiger partial charge in [-0.3, -0.25) is 23.7 Å². The molecule has 10 nitrogen and oxygen atoms in total. The van der Waals surface area contributed by atoms with Gasteiger partial charge in [-0.1, -0.05) is 18.2 Å². The van der Waals surface area contributed by atoms with Gasteiger partial charge in [-0.25, -0.2) is 0 Å². The number of aryl methyl sites for hydroxylation is 3. The molecule has 33 heavy (non-hydrogen) atoms. The van der Waals surface area contributed by atoms with Crippen LogP contribution in [-0.4, -0.2) is 54.4 Å². The van der Waals surface area contributed by atoms with Gasteiger partial charge in [-0.05, 0) is 31.0 Å². The number of carbonyl (C=O) groups excluding carboxylic acids is 2. The Morgan fingerprint density at radius 1 is 1.33 bits per heavy atom. The van der Waals surface area contributed by atoms with E-state index in [0.717, 1.165) is 22.5 Å². The lowest BCUT2D eigenvalue weighted by Crippen LogP contribution is -2.42. The number of para-hydroxylation sites is 1. The van der Waals surface area contributed by atoms with Crippen LogP contribution in [0.4, 0.5) is 5.69 Å². The molecule has 2 aromatic heterocycles. The van der Waals surface area contributed by atoms with Crippen molar-refractivity contribution in [3.63, 3.8) is 0 Å². The Morgan fingerprint density at radius 2 is 2.09 bits per heavy atom. The highest BCUT2D eigenvalue weighted by Gasteiger charge is 2.59. The van der Waals surface area contributed by atoms with Crippen molar-refractivity contribution in [1.82, 2.24) is 24.5 Å². The molecule has 2 atom stereocenters. The summed E-state index contributed by atoms with van der Waals surface area (Å²) in [5.74, 6) is -0.0263. The van der Waals surface area contributed by atoms with Crippen LogP contribution in [0, 0.1) is 6.92 Å². The van der Waals surface area contributed by atoms with Gasteiger partial charge in [0.25, 0.3) is 6.47 Å². The number of carbonyl (C=O) groups is 3. The first-order valence-electron chi connectivity index (χ1n) is 10.7. The summed E-state index contributed by atoms with van der Waals surface area (Å²) in [7, 11) is 1.85. The van der Waals surface area contributed by atoms with E-state index in [1.807, 2.05) is 61.6 Å². The van der Waals surface area contributed by atoms with E-state index < -0.39 is 5.41 Å². The molecule has 0 bridgehead atoms. The Bertz CT molecular complexity index is 1190. The molecule has 3 aromatic rings. The first-order valence-corrected chi connectivity index (χ1v) is 10.7. The second kappa shape index (κ2) is 8.89. The van der Waals surface area contributed by atoms with Crippen LogP contribution in [0.5, 0.6) is 0 Å². The molecule has 1 saturated heterocycles. The summed E-state index contributed by atoms with van der Waals surface area (Å²) >= 11 is 0. The number of likely N-dealkylation sites (tertiary alicyclic amines) is 1. The molecular weight excluding hydrogens is 424 g/mol. The smallest absolute Gasteiger partial charge is 0.290 e. The summed E-state index contributed by atoms with van der Waals surface area (Å²) in [6.07, 6.45) is 6.47. The van der Waals surface area contributed by atoms with E-state index in [1.54, 1.807) is 15.6 Å². The lowest BCUT2D eigenvalue weighted by atomic mass is 9.73. The van der Waals surface area contributed by atoms with Crippen LogP contribution >= 0.6 is 0 Å². The Labute approximate surface area is 190 Å². The fourth-order valence-corrected chi connectivity index (χ4v) is 4.94. The molecular formula is C23H26N6O4. The summed E-state index contributed by atoms with van der Waals surface area (Å²) in [6, 6.07) is 9.33. The van der Waals surface area contributed by atoms with Gasteiger partial charge in [0.1, 0.15) is 5.41 Å². The fourth-order valence-electron chi connectivity index (χ4n) is 4.94. The van der Waals surface area contributed by atoms with Gasteiger partial charge in [0.05, 0.1) is 17.9 Å². The van der Waals surface area contributed by atoms with Crippen molar-refractivity contribution in [2.45, 2.75) is 37.8 Å². The van der Waals surface area contributed by atoms with Gasteiger partial charge in [-0.15, -0.1) is 0 Å². The minimum atomic E-state index is -0.794. The van der Waals surface area contributed by atoms with E-state index in [-0.39, 0.29) is 24.3 Å². The maximum absolute atomic E-state index is 13.3. The van der Waals surface area contributed by atoms with Crippen molar-refractivity contribution in [2.24, 2.45) is 7.05 Å². The number of rotatable bonds is 4. The minimum Gasteiger partial charge on any atom is -0.483 e. The maximum atomic E-state index is 13.3. The Morgan fingerprint density at radius 3 is 2.76 bits per heavy atom. The average Bonchev–Trinajstić information content (AvgIpc) is 3.55. The zero-order valence-electron chi connectivity index (χ0n) is 18.5. The Hall–Kier alpha value is -3.95. The van der Waals surface area contributed by atoms with Crippen LogP contribution in [-0.2, 0) is 33.4 Å².